The molecule has 1 amide bonds. The van der Waals surface area contributed by atoms with Gasteiger partial charge in [-0.25, -0.2) is 0 Å². The predicted molar refractivity (Wildman–Crippen MR) is 67.3 cm³/mol. The zero-order chi connectivity index (χ0) is 12.0. The maximum Gasteiger partial charge on any atom is 0.239 e. The van der Waals surface area contributed by atoms with Gasteiger partial charge in [-0.3, -0.25) is 4.79 Å². The van der Waals surface area contributed by atoms with Gasteiger partial charge >= 0.3 is 0 Å². The minimum absolute atomic E-state index is 0.0301. The minimum Gasteiger partial charge on any atom is -0.344 e. The largest absolute Gasteiger partial charge is 0.344 e. The third-order valence-corrected chi connectivity index (χ3v) is 3.31. The van der Waals surface area contributed by atoms with E-state index in [1.165, 1.54) is 6.42 Å². The smallest absolute Gasteiger partial charge is 0.239 e. The normalized spacial score (nSPS) is 25.1. The molecule has 0 aromatic heterocycles. The molecule has 0 saturated carbocycles. The predicted octanol–water partition coefficient (Wildman–Crippen LogP) is 1.80. The average Bonchev–Trinajstić information content (AvgIpc) is 2.29. The monoisotopic (exact) mass is 224 g/mol. The van der Waals surface area contributed by atoms with E-state index in [4.69, 9.17) is 0 Å². The van der Waals surface area contributed by atoms with Gasteiger partial charge in [0.05, 0.1) is 6.04 Å². The fourth-order valence-corrected chi connectivity index (χ4v) is 2.20. The van der Waals surface area contributed by atoms with Crippen molar-refractivity contribution in [3.8, 4) is 0 Å². The number of carbonyl (C=O) groups excluding carboxylic acids is 1. The van der Waals surface area contributed by atoms with E-state index in [2.05, 4.69) is 18.8 Å². The van der Waals surface area contributed by atoms with Crippen molar-refractivity contribution in [1.29, 1.82) is 0 Å². The number of amides is 1. The minimum atomic E-state index is 0.0301. The SMILES string of the molecule is C=CCCCN(C)C(=O)C1NCCCC1C. The van der Waals surface area contributed by atoms with Crippen molar-refractivity contribution >= 4 is 5.91 Å². The van der Waals surface area contributed by atoms with Crippen LogP contribution in [-0.2, 0) is 4.79 Å². The van der Waals surface area contributed by atoms with Gasteiger partial charge in [0, 0.05) is 13.6 Å². The van der Waals surface area contributed by atoms with Crippen molar-refractivity contribution in [3.05, 3.63) is 12.7 Å². The molecule has 1 aliphatic rings. The Hall–Kier alpha value is -0.830. The first-order valence-corrected chi connectivity index (χ1v) is 6.26. The lowest BCUT2D eigenvalue weighted by atomic mass is 9.92. The number of likely N-dealkylation sites (N-methyl/N-ethyl adjacent to an activating group) is 1. The molecule has 2 unspecified atom stereocenters. The van der Waals surface area contributed by atoms with E-state index in [1.807, 2.05) is 18.0 Å². The summed E-state index contributed by atoms with van der Waals surface area (Å²) in [6.07, 6.45) is 6.23. The van der Waals surface area contributed by atoms with Crippen LogP contribution in [0.1, 0.15) is 32.6 Å². The highest BCUT2D eigenvalue weighted by molar-refractivity contribution is 5.82. The van der Waals surface area contributed by atoms with E-state index in [0.717, 1.165) is 32.4 Å². The average molecular weight is 224 g/mol. The van der Waals surface area contributed by atoms with Crippen LogP contribution in [0.5, 0.6) is 0 Å². The zero-order valence-electron chi connectivity index (χ0n) is 10.5. The lowest BCUT2D eigenvalue weighted by Gasteiger charge is -2.32. The molecule has 1 rings (SSSR count). The molecule has 1 N–H and O–H groups in total. The molecule has 0 aromatic carbocycles. The van der Waals surface area contributed by atoms with Crippen LogP contribution >= 0.6 is 0 Å². The molecular formula is C13H24N2O. The maximum atomic E-state index is 12.1. The Morgan fingerprint density at radius 2 is 2.38 bits per heavy atom. The summed E-state index contributed by atoms with van der Waals surface area (Å²) in [7, 11) is 1.90. The first kappa shape index (κ1) is 13.2. The van der Waals surface area contributed by atoms with Gasteiger partial charge in [0.2, 0.25) is 5.91 Å². The fourth-order valence-electron chi connectivity index (χ4n) is 2.20. The molecule has 16 heavy (non-hydrogen) atoms. The van der Waals surface area contributed by atoms with Gasteiger partial charge in [0.25, 0.3) is 0 Å². The van der Waals surface area contributed by atoms with Gasteiger partial charge in [-0.05, 0) is 38.1 Å². The van der Waals surface area contributed by atoms with E-state index < -0.39 is 0 Å². The number of hydrogen-bond acceptors (Lipinski definition) is 2. The lowest BCUT2D eigenvalue weighted by molar-refractivity contribution is -0.134. The molecule has 0 bridgehead atoms. The quantitative estimate of drug-likeness (QED) is 0.570. The zero-order valence-corrected chi connectivity index (χ0v) is 10.5. The molecule has 1 heterocycles. The van der Waals surface area contributed by atoms with Crippen molar-refractivity contribution in [2.75, 3.05) is 20.1 Å². The van der Waals surface area contributed by atoms with E-state index in [9.17, 15) is 4.79 Å². The molecule has 0 radical (unpaired) electrons. The number of piperidine rings is 1. The van der Waals surface area contributed by atoms with Crippen LogP contribution < -0.4 is 5.32 Å². The third kappa shape index (κ3) is 3.63. The molecule has 2 atom stereocenters. The Bertz CT molecular complexity index is 240. The molecule has 92 valence electrons. The van der Waals surface area contributed by atoms with Gasteiger partial charge in [-0.1, -0.05) is 13.0 Å². The highest BCUT2D eigenvalue weighted by atomic mass is 16.2. The highest BCUT2D eigenvalue weighted by Crippen LogP contribution is 2.17. The summed E-state index contributed by atoms with van der Waals surface area (Å²) in [5, 5.41) is 3.33. The van der Waals surface area contributed by atoms with Crippen LogP contribution in [0.3, 0.4) is 0 Å². The summed E-state index contributed by atoms with van der Waals surface area (Å²) in [6.45, 7) is 7.65. The second-order valence-electron chi connectivity index (χ2n) is 4.74. The first-order chi connectivity index (χ1) is 7.66. The van der Waals surface area contributed by atoms with Crippen LogP contribution in [0, 0.1) is 5.92 Å². The number of unbranched alkanes of at least 4 members (excludes halogenated alkanes) is 1. The maximum absolute atomic E-state index is 12.1. The first-order valence-electron chi connectivity index (χ1n) is 6.26. The van der Waals surface area contributed by atoms with Crippen LogP contribution in [0.25, 0.3) is 0 Å². The van der Waals surface area contributed by atoms with Crippen molar-refractivity contribution < 1.29 is 4.79 Å². The molecule has 0 spiro atoms. The number of hydrogen-bond donors (Lipinski definition) is 1. The second-order valence-corrected chi connectivity index (χ2v) is 4.74. The van der Waals surface area contributed by atoms with Crippen LogP contribution in [0.15, 0.2) is 12.7 Å². The van der Waals surface area contributed by atoms with E-state index in [1.54, 1.807) is 0 Å². The summed E-state index contributed by atoms with van der Waals surface area (Å²) in [5.41, 5.74) is 0. The van der Waals surface area contributed by atoms with Gasteiger partial charge in [-0.15, -0.1) is 6.58 Å². The third-order valence-electron chi connectivity index (χ3n) is 3.31. The van der Waals surface area contributed by atoms with Gasteiger partial charge in [0.15, 0.2) is 0 Å². The number of rotatable bonds is 5. The van der Waals surface area contributed by atoms with Crippen LogP contribution in [-0.4, -0.2) is 37.0 Å². The Morgan fingerprint density at radius 1 is 1.62 bits per heavy atom. The van der Waals surface area contributed by atoms with Crippen molar-refractivity contribution in [2.45, 2.75) is 38.6 Å². The van der Waals surface area contributed by atoms with Crippen LogP contribution in [0.4, 0.5) is 0 Å². The number of nitrogens with one attached hydrogen (secondary N) is 1. The molecule has 0 aromatic rings. The Labute approximate surface area is 98.9 Å². The molecule has 1 saturated heterocycles. The van der Waals surface area contributed by atoms with Gasteiger partial charge in [-0.2, -0.15) is 0 Å². The van der Waals surface area contributed by atoms with Gasteiger partial charge in [0.1, 0.15) is 0 Å². The molecule has 1 aliphatic heterocycles. The van der Waals surface area contributed by atoms with Crippen molar-refractivity contribution in [3.63, 3.8) is 0 Å². The second kappa shape index (κ2) is 6.69. The molecule has 3 heteroatoms. The molecule has 3 nitrogen and oxygen atoms in total. The Kier molecular flexibility index (Phi) is 5.53. The fraction of sp³-hybridized carbons (Fsp3) is 0.769. The van der Waals surface area contributed by atoms with E-state index >= 15 is 0 Å². The number of carbonyl (C=O) groups is 1. The number of nitrogens with zero attached hydrogens (tertiary/aromatic N) is 1. The Morgan fingerprint density at radius 3 is 3.00 bits per heavy atom. The summed E-state index contributed by atoms with van der Waals surface area (Å²) >= 11 is 0. The highest BCUT2D eigenvalue weighted by Gasteiger charge is 2.29. The summed E-state index contributed by atoms with van der Waals surface area (Å²) in [4.78, 5) is 14.0. The van der Waals surface area contributed by atoms with Crippen molar-refractivity contribution in [2.24, 2.45) is 5.92 Å². The molecule has 0 aliphatic carbocycles. The van der Waals surface area contributed by atoms with Crippen LogP contribution in [0.2, 0.25) is 0 Å². The number of allylic oxidation sites excluding steroid dienone is 1. The Balaban J connectivity index is 2.39. The van der Waals surface area contributed by atoms with E-state index in [-0.39, 0.29) is 11.9 Å². The standard InChI is InChI=1S/C13H24N2O/c1-4-5-6-10-15(3)13(16)12-11(2)8-7-9-14-12/h4,11-12,14H,1,5-10H2,2-3H3. The van der Waals surface area contributed by atoms with Gasteiger partial charge < -0.3 is 10.2 Å². The summed E-state index contributed by atoms with van der Waals surface area (Å²) < 4.78 is 0. The molecule has 1 fully saturated rings. The molecular weight excluding hydrogens is 200 g/mol. The summed E-state index contributed by atoms with van der Waals surface area (Å²) in [6, 6.07) is 0.0301. The lowest BCUT2D eigenvalue weighted by Crippen LogP contribution is -2.51. The van der Waals surface area contributed by atoms with E-state index in [0.29, 0.717) is 5.92 Å². The topological polar surface area (TPSA) is 32.3 Å². The summed E-state index contributed by atoms with van der Waals surface area (Å²) in [5.74, 6) is 0.708. The van der Waals surface area contributed by atoms with Crippen molar-refractivity contribution in [1.82, 2.24) is 10.2 Å².